The highest BCUT2D eigenvalue weighted by Gasteiger charge is 2.21. The number of benzene rings is 1. The second kappa shape index (κ2) is 5.93. The van der Waals surface area contributed by atoms with Crippen molar-refractivity contribution in [3.05, 3.63) is 39.9 Å². The quantitative estimate of drug-likeness (QED) is 0.465. The molecule has 1 saturated heterocycles. The fourth-order valence-corrected chi connectivity index (χ4v) is 2.32. The van der Waals surface area contributed by atoms with Crippen LogP contribution in [0.5, 0.6) is 0 Å². The van der Waals surface area contributed by atoms with E-state index in [1.807, 2.05) is 12.1 Å². The van der Waals surface area contributed by atoms with Crippen molar-refractivity contribution in [2.24, 2.45) is 0 Å². The third-order valence-electron chi connectivity index (χ3n) is 3.44. The number of aliphatic hydroxyl groups is 2. The van der Waals surface area contributed by atoms with Gasteiger partial charge in [-0.15, -0.1) is 0 Å². The smallest absolute Gasteiger partial charge is 0.269 e. The summed E-state index contributed by atoms with van der Waals surface area (Å²) >= 11 is 0. The Kier molecular flexibility index (Phi) is 4.28. The normalized spacial score (nSPS) is 17.0. The predicted molar refractivity (Wildman–Crippen MR) is 69.5 cm³/mol. The van der Waals surface area contributed by atoms with E-state index in [-0.39, 0.29) is 10.6 Å². The van der Waals surface area contributed by atoms with Gasteiger partial charge < -0.3 is 4.74 Å². The molecule has 1 aromatic carbocycles. The molecule has 0 spiro atoms. The zero-order valence-electron chi connectivity index (χ0n) is 10.6. The van der Waals surface area contributed by atoms with Crippen LogP contribution < -0.4 is 0 Å². The van der Waals surface area contributed by atoms with Crippen LogP contribution in [0.15, 0.2) is 24.3 Å². The van der Waals surface area contributed by atoms with Crippen LogP contribution in [0.4, 0.5) is 5.69 Å². The molecular formula is C13H19N2O3+. The molecular weight excluding hydrogens is 232 g/mol. The fraction of sp³-hybridized carbons (Fsp3) is 0.538. The van der Waals surface area contributed by atoms with Crippen LogP contribution in [0.1, 0.15) is 18.4 Å². The SMILES string of the molecule is CN(Cc1ccc([N+](=O)[O-])cc1)C1CC[OH+]CC1. The third-order valence-corrected chi connectivity index (χ3v) is 3.44. The van der Waals surface area contributed by atoms with Gasteiger partial charge in [0.2, 0.25) is 0 Å². The summed E-state index contributed by atoms with van der Waals surface area (Å²) in [5.74, 6) is 0. The average molecular weight is 251 g/mol. The second-order valence-corrected chi connectivity index (χ2v) is 4.74. The molecule has 1 aliphatic heterocycles. The maximum Gasteiger partial charge on any atom is 0.269 e. The summed E-state index contributed by atoms with van der Waals surface area (Å²) in [5.41, 5.74) is 1.27. The lowest BCUT2D eigenvalue weighted by Gasteiger charge is -2.29. The highest BCUT2D eigenvalue weighted by Crippen LogP contribution is 2.17. The van der Waals surface area contributed by atoms with Gasteiger partial charge in [-0.05, 0) is 12.6 Å². The van der Waals surface area contributed by atoms with Crippen LogP contribution in [0.25, 0.3) is 0 Å². The maximum absolute atomic E-state index is 10.6. The average Bonchev–Trinajstić information content (AvgIpc) is 2.40. The summed E-state index contributed by atoms with van der Waals surface area (Å²) in [7, 11) is 2.11. The summed E-state index contributed by atoms with van der Waals surface area (Å²) in [6.07, 6.45) is 2.23. The fourth-order valence-electron chi connectivity index (χ4n) is 2.32. The number of rotatable bonds is 4. The molecule has 98 valence electrons. The molecule has 18 heavy (non-hydrogen) atoms. The van der Waals surface area contributed by atoms with Crippen molar-refractivity contribution in [1.82, 2.24) is 4.90 Å². The summed E-state index contributed by atoms with van der Waals surface area (Å²) in [6.45, 7) is 2.74. The molecule has 1 N–H and O–H groups in total. The molecule has 0 aromatic heterocycles. The summed E-state index contributed by atoms with van der Waals surface area (Å²) in [5, 5.41) is 10.6. The van der Waals surface area contributed by atoms with E-state index in [0.717, 1.165) is 38.2 Å². The van der Waals surface area contributed by atoms with E-state index in [9.17, 15) is 10.1 Å². The highest BCUT2D eigenvalue weighted by atomic mass is 16.6. The molecule has 0 unspecified atom stereocenters. The number of nitro benzene ring substituents is 1. The van der Waals surface area contributed by atoms with Crippen molar-refractivity contribution in [1.29, 1.82) is 0 Å². The Morgan fingerprint density at radius 3 is 2.50 bits per heavy atom. The Balaban J connectivity index is 1.93. The van der Waals surface area contributed by atoms with Gasteiger partial charge in [-0.3, -0.25) is 15.0 Å². The molecule has 0 saturated carbocycles. The minimum absolute atomic E-state index is 0.151. The predicted octanol–water partition coefficient (Wildman–Crippen LogP) is 1.72. The van der Waals surface area contributed by atoms with Crippen molar-refractivity contribution in [3.63, 3.8) is 0 Å². The Hall–Kier alpha value is -1.46. The number of hydrogen-bond donors (Lipinski definition) is 0. The molecule has 0 bridgehead atoms. The van der Waals surface area contributed by atoms with E-state index in [2.05, 4.69) is 16.7 Å². The molecule has 1 fully saturated rings. The van der Waals surface area contributed by atoms with E-state index < -0.39 is 0 Å². The van der Waals surface area contributed by atoms with Crippen LogP contribution in [0, 0.1) is 10.1 Å². The van der Waals surface area contributed by atoms with Crippen molar-refractivity contribution in [2.45, 2.75) is 25.4 Å². The van der Waals surface area contributed by atoms with Gasteiger partial charge in [0.1, 0.15) is 13.2 Å². The molecule has 0 atom stereocenters. The van der Waals surface area contributed by atoms with Crippen LogP contribution in [-0.4, -0.2) is 40.9 Å². The molecule has 1 aliphatic rings. The molecule has 1 heterocycles. The van der Waals surface area contributed by atoms with Crippen LogP contribution in [0.2, 0.25) is 0 Å². The van der Waals surface area contributed by atoms with Crippen LogP contribution in [0.3, 0.4) is 0 Å². The lowest BCUT2D eigenvalue weighted by molar-refractivity contribution is -0.384. The first kappa shape index (κ1) is 13.0. The molecule has 0 aliphatic carbocycles. The molecule has 1 aromatic rings. The molecule has 0 amide bonds. The highest BCUT2D eigenvalue weighted by molar-refractivity contribution is 5.32. The number of ether oxygens (including phenoxy) is 1. The van der Waals surface area contributed by atoms with Crippen LogP contribution >= 0.6 is 0 Å². The first-order valence-corrected chi connectivity index (χ1v) is 6.23. The summed E-state index contributed by atoms with van der Waals surface area (Å²) in [6, 6.07) is 7.39. The first-order valence-electron chi connectivity index (χ1n) is 6.23. The Morgan fingerprint density at radius 1 is 1.33 bits per heavy atom. The lowest BCUT2D eigenvalue weighted by Crippen LogP contribution is -2.37. The first-order chi connectivity index (χ1) is 8.66. The largest absolute Gasteiger partial charge is 0.434 e. The van der Waals surface area contributed by atoms with E-state index in [1.165, 1.54) is 0 Å². The minimum Gasteiger partial charge on any atom is -0.434 e. The van der Waals surface area contributed by atoms with E-state index in [0.29, 0.717) is 6.04 Å². The van der Waals surface area contributed by atoms with Gasteiger partial charge in [0.25, 0.3) is 5.69 Å². The third kappa shape index (κ3) is 3.27. The molecule has 5 nitrogen and oxygen atoms in total. The zero-order chi connectivity index (χ0) is 13.0. The monoisotopic (exact) mass is 251 g/mol. The Labute approximate surface area is 107 Å². The van der Waals surface area contributed by atoms with Gasteiger partial charge in [-0.25, -0.2) is 0 Å². The van der Waals surface area contributed by atoms with Gasteiger partial charge in [0.15, 0.2) is 0 Å². The number of non-ortho nitro benzene ring substituents is 1. The minimum atomic E-state index is -0.365. The molecule has 5 heteroatoms. The van der Waals surface area contributed by atoms with E-state index in [1.54, 1.807) is 12.1 Å². The van der Waals surface area contributed by atoms with Crippen molar-refractivity contribution in [3.8, 4) is 0 Å². The Bertz CT molecular complexity index is 399. The van der Waals surface area contributed by atoms with Gasteiger partial charge in [0, 0.05) is 37.6 Å². The number of nitrogens with zero attached hydrogens (tertiary/aromatic N) is 2. The van der Waals surface area contributed by atoms with E-state index >= 15 is 0 Å². The van der Waals surface area contributed by atoms with Gasteiger partial charge >= 0.3 is 0 Å². The Morgan fingerprint density at radius 2 is 1.94 bits per heavy atom. The van der Waals surface area contributed by atoms with Crippen molar-refractivity contribution < 1.29 is 9.66 Å². The van der Waals surface area contributed by atoms with Gasteiger partial charge in [0.05, 0.1) is 4.92 Å². The molecule has 0 radical (unpaired) electrons. The summed E-state index contributed by atoms with van der Waals surface area (Å²) < 4.78 is 4.35. The van der Waals surface area contributed by atoms with Crippen LogP contribution in [-0.2, 0) is 6.54 Å². The van der Waals surface area contributed by atoms with E-state index in [4.69, 9.17) is 0 Å². The van der Waals surface area contributed by atoms with Crippen molar-refractivity contribution in [2.75, 3.05) is 20.3 Å². The lowest BCUT2D eigenvalue weighted by atomic mass is 10.1. The zero-order valence-corrected chi connectivity index (χ0v) is 10.6. The maximum atomic E-state index is 10.6. The second-order valence-electron chi connectivity index (χ2n) is 4.74. The number of nitro groups is 1. The van der Waals surface area contributed by atoms with Gasteiger partial charge in [-0.1, -0.05) is 12.1 Å². The molecule has 2 rings (SSSR count). The number of hydrogen-bond acceptors (Lipinski definition) is 3. The standard InChI is InChI=1S/C13H18N2O3/c1-14(12-6-8-18-9-7-12)10-11-2-4-13(5-3-11)15(16)17/h2-5,12H,6-10H2,1H3/p+1. The summed E-state index contributed by atoms with van der Waals surface area (Å²) in [4.78, 5) is 12.5. The van der Waals surface area contributed by atoms with Gasteiger partial charge in [-0.2, -0.15) is 0 Å². The topological polar surface area (TPSA) is 59.2 Å². The van der Waals surface area contributed by atoms with Crippen molar-refractivity contribution >= 4 is 5.69 Å².